The van der Waals surface area contributed by atoms with Gasteiger partial charge in [-0.3, -0.25) is 9.79 Å². The van der Waals surface area contributed by atoms with E-state index in [4.69, 9.17) is 5.73 Å². The van der Waals surface area contributed by atoms with Gasteiger partial charge >= 0.3 is 0 Å². The van der Waals surface area contributed by atoms with Crippen LogP contribution in [0.4, 0.5) is 0 Å². The van der Waals surface area contributed by atoms with Gasteiger partial charge in [0.2, 0.25) is 5.91 Å². The van der Waals surface area contributed by atoms with Crippen LogP contribution in [0, 0.1) is 5.92 Å². The third-order valence-electron chi connectivity index (χ3n) is 4.73. The highest BCUT2D eigenvalue weighted by molar-refractivity contribution is 5.79. The average molecular weight is 340 g/mol. The first-order valence-corrected chi connectivity index (χ1v) is 9.63. The monoisotopic (exact) mass is 339 g/mol. The summed E-state index contributed by atoms with van der Waals surface area (Å²) in [6.45, 7) is 7.29. The number of carbonyl (C=O) groups is 1. The number of primary amides is 1. The van der Waals surface area contributed by atoms with Gasteiger partial charge in [-0.2, -0.15) is 0 Å². The molecule has 1 aliphatic rings. The van der Waals surface area contributed by atoms with Gasteiger partial charge in [0.1, 0.15) is 0 Å². The number of guanidine groups is 1. The second-order valence-electron chi connectivity index (χ2n) is 6.71. The molecule has 4 N–H and O–H groups in total. The molecule has 0 atom stereocenters. The van der Waals surface area contributed by atoms with E-state index in [2.05, 4.69) is 27.4 Å². The van der Waals surface area contributed by atoms with Gasteiger partial charge in [-0.15, -0.1) is 0 Å². The molecule has 1 saturated heterocycles. The topological polar surface area (TPSA) is 82.8 Å². The molecule has 140 valence electrons. The molecule has 1 rings (SSSR count). The van der Waals surface area contributed by atoms with Crippen LogP contribution in [0.2, 0.25) is 0 Å². The van der Waals surface area contributed by atoms with Gasteiger partial charge in [-0.05, 0) is 51.7 Å². The fraction of sp³-hybridized carbons (Fsp3) is 0.889. The minimum atomic E-state index is -0.132. The lowest BCUT2D eigenvalue weighted by atomic mass is 9.96. The zero-order valence-corrected chi connectivity index (χ0v) is 15.6. The van der Waals surface area contributed by atoms with E-state index in [1.807, 2.05) is 7.05 Å². The Morgan fingerprint density at radius 1 is 1.08 bits per heavy atom. The van der Waals surface area contributed by atoms with Crippen LogP contribution in [0.5, 0.6) is 0 Å². The molecule has 1 heterocycles. The maximum Gasteiger partial charge on any atom is 0.220 e. The molecular weight excluding hydrogens is 302 g/mol. The van der Waals surface area contributed by atoms with Crippen molar-refractivity contribution in [1.82, 2.24) is 15.5 Å². The van der Waals surface area contributed by atoms with E-state index in [1.165, 1.54) is 32.1 Å². The SMILES string of the molecule is CCCCCCNC(=NC)NCCCCN1CCC(C(N)=O)CC1. The number of carbonyl (C=O) groups excluding carboxylic acids is 1. The van der Waals surface area contributed by atoms with Crippen LogP contribution in [0.3, 0.4) is 0 Å². The molecule has 0 unspecified atom stereocenters. The van der Waals surface area contributed by atoms with Crippen LogP contribution >= 0.6 is 0 Å². The van der Waals surface area contributed by atoms with Crippen molar-refractivity contribution in [1.29, 1.82) is 0 Å². The maximum atomic E-state index is 11.2. The predicted molar refractivity (Wildman–Crippen MR) is 101 cm³/mol. The number of nitrogens with one attached hydrogen (secondary N) is 2. The summed E-state index contributed by atoms with van der Waals surface area (Å²) in [7, 11) is 1.82. The molecule has 24 heavy (non-hydrogen) atoms. The number of amides is 1. The Bertz CT molecular complexity index is 364. The number of piperidine rings is 1. The molecule has 6 nitrogen and oxygen atoms in total. The summed E-state index contributed by atoms with van der Waals surface area (Å²) >= 11 is 0. The molecule has 0 aromatic carbocycles. The summed E-state index contributed by atoms with van der Waals surface area (Å²) in [5, 5.41) is 6.75. The number of hydrogen-bond acceptors (Lipinski definition) is 3. The summed E-state index contributed by atoms with van der Waals surface area (Å²) < 4.78 is 0. The van der Waals surface area contributed by atoms with E-state index in [-0.39, 0.29) is 11.8 Å². The number of aliphatic imine (C=N–C) groups is 1. The van der Waals surface area contributed by atoms with Gasteiger partial charge in [-0.1, -0.05) is 26.2 Å². The van der Waals surface area contributed by atoms with Crippen LogP contribution in [0.1, 0.15) is 58.3 Å². The quantitative estimate of drug-likeness (QED) is 0.304. The highest BCUT2D eigenvalue weighted by atomic mass is 16.1. The minimum Gasteiger partial charge on any atom is -0.369 e. The number of unbranched alkanes of at least 4 members (excludes halogenated alkanes) is 4. The number of rotatable bonds is 11. The predicted octanol–water partition coefficient (Wildman–Crippen LogP) is 1.71. The number of nitrogens with zero attached hydrogens (tertiary/aromatic N) is 2. The van der Waals surface area contributed by atoms with Crippen molar-refractivity contribution in [2.45, 2.75) is 58.3 Å². The molecule has 0 aromatic heterocycles. The van der Waals surface area contributed by atoms with Crippen LogP contribution in [0.25, 0.3) is 0 Å². The Morgan fingerprint density at radius 2 is 1.71 bits per heavy atom. The van der Waals surface area contributed by atoms with Gasteiger partial charge in [-0.25, -0.2) is 0 Å². The summed E-state index contributed by atoms with van der Waals surface area (Å²) in [6, 6.07) is 0. The van der Waals surface area contributed by atoms with Gasteiger partial charge in [0, 0.05) is 26.1 Å². The molecular formula is C18H37N5O. The van der Waals surface area contributed by atoms with Crippen molar-refractivity contribution in [3.8, 4) is 0 Å². The van der Waals surface area contributed by atoms with Gasteiger partial charge in [0.25, 0.3) is 0 Å². The van der Waals surface area contributed by atoms with Crippen molar-refractivity contribution in [3.05, 3.63) is 0 Å². The number of nitrogens with two attached hydrogens (primary N) is 1. The molecule has 0 aromatic rings. The lowest BCUT2D eigenvalue weighted by Gasteiger charge is -2.30. The van der Waals surface area contributed by atoms with Gasteiger partial charge in [0.05, 0.1) is 0 Å². The molecule has 1 fully saturated rings. The third kappa shape index (κ3) is 9.11. The molecule has 1 aliphatic heterocycles. The van der Waals surface area contributed by atoms with Crippen molar-refractivity contribution in [2.24, 2.45) is 16.6 Å². The van der Waals surface area contributed by atoms with Crippen LogP contribution in [-0.4, -0.2) is 56.5 Å². The average Bonchev–Trinajstić information content (AvgIpc) is 2.59. The van der Waals surface area contributed by atoms with E-state index >= 15 is 0 Å². The fourth-order valence-corrected chi connectivity index (χ4v) is 3.09. The number of hydrogen-bond donors (Lipinski definition) is 3. The Labute approximate surface area is 147 Å². The zero-order valence-electron chi connectivity index (χ0n) is 15.6. The summed E-state index contributed by atoms with van der Waals surface area (Å²) in [6.07, 6.45) is 9.21. The van der Waals surface area contributed by atoms with Crippen molar-refractivity contribution >= 4 is 11.9 Å². The molecule has 6 heteroatoms. The molecule has 1 amide bonds. The molecule has 0 saturated carbocycles. The van der Waals surface area contributed by atoms with Crippen molar-refractivity contribution in [2.75, 3.05) is 39.8 Å². The first-order chi connectivity index (χ1) is 11.7. The molecule has 0 spiro atoms. The zero-order chi connectivity index (χ0) is 17.6. The minimum absolute atomic E-state index is 0.0923. The number of likely N-dealkylation sites (tertiary alicyclic amines) is 1. The Morgan fingerprint density at radius 3 is 2.25 bits per heavy atom. The molecule has 0 bridgehead atoms. The van der Waals surface area contributed by atoms with Gasteiger partial charge in [0.15, 0.2) is 5.96 Å². The van der Waals surface area contributed by atoms with Crippen LogP contribution in [0.15, 0.2) is 4.99 Å². The highest BCUT2D eigenvalue weighted by Crippen LogP contribution is 2.16. The Balaban J connectivity index is 1.99. The van der Waals surface area contributed by atoms with Crippen molar-refractivity contribution in [3.63, 3.8) is 0 Å². The van der Waals surface area contributed by atoms with Gasteiger partial charge < -0.3 is 21.3 Å². The largest absolute Gasteiger partial charge is 0.369 e. The van der Waals surface area contributed by atoms with Crippen molar-refractivity contribution < 1.29 is 4.79 Å². The van der Waals surface area contributed by atoms with E-state index in [0.29, 0.717) is 0 Å². The van der Waals surface area contributed by atoms with Crippen LogP contribution in [-0.2, 0) is 4.79 Å². The van der Waals surface area contributed by atoms with Crippen LogP contribution < -0.4 is 16.4 Å². The molecule has 0 aliphatic carbocycles. The lowest BCUT2D eigenvalue weighted by molar-refractivity contribution is -0.123. The first kappa shape index (κ1) is 20.7. The second kappa shape index (κ2) is 13.0. The Hall–Kier alpha value is -1.30. The first-order valence-electron chi connectivity index (χ1n) is 9.63. The third-order valence-corrected chi connectivity index (χ3v) is 4.73. The lowest BCUT2D eigenvalue weighted by Crippen LogP contribution is -2.40. The summed E-state index contributed by atoms with van der Waals surface area (Å²) in [4.78, 5) is 17.9. The maximum absolute atomic E-state index is 11.2. The Kier molecular flexibility index (Phi) is 11.3. The van der Waals surface area contributed by atoms with E-state index in [1.54, 1.807) is 0 Å². The highest BCUT2D eigenvalue weighted by Gasteiger charge is 2.22. The standard InChI is InChI=1S/C18H37N5O/c1-3-4-5-6-11-21-18(20-2)22-12-7-8-13-23-14-9-16(10-15-23)17(19)24/h16H,3-15H2,1-2H3,(H2,19,24)(H2,20,21,22). The smallest absolute Gasteiger partial charge is 0.220 e. The normalized spacial score (nSPS) is 17.0. The fourth-order valence-electron chi connectivity index (χ4n) is 3.09. The second-order valence-corrected chi connectivity index (χ2v) is 6.71. The van der Waals surface area contributed by atoms with E-state index < -0.39 is 0 Å². The van der Waals surface area contributed by atoms with E-state index in [0.717, 1.165) is 57.9 Å². The summed E-state index contributed by atoms with van der Waals surface area (Å²) in [5.41, 5.74) is 5.37. The molecule has 0 radical (unpaired) electrons. The summed E-state index contributed by atoms with van der Waals surface area (Å²) in [5.74, 6) is 0.871. The van der Waals surface area contributed by atoms with E-state index in [9.17, 15) is 4.79 Å².